The van der Waals surface area contributed by atoms with Gasteiger partial charge in [0.25, 0.3) is 5.91 Å². The average Bonchev–Trinajstić information content (AvgIpc) is 3.07. The second-order valence-electron chi connectivity index (χ2n) is 10.5. The number of carbonyl (C=O) groups is 3. The number of fused-ring (bicyclic) bond motifs is 1. The summed E-state index contributed by atoms with van der Waals surface area (Å²) >= 11 is 0. The third kappa shape index (κ3) is 4.45. The first-order valence-electron chi connectivity index (χ1n) is 12.5. The molecular formula is C26H35N3O4. The van der Waals surface area contributed by atoms with E-state index in [9.17, 15) is 14.4 Å². The fourth-order valence-corrected chi connectivity index (χ4v) is 5.92. The molecule has 3 aliphatic heterocycles. The number of carbonyl (C=O) groups excluding carboxylic acids is 3. The second-order valence-corrected chi connectivity index (χ2v) is 10.5. The molecular weight excluding hydrogens is 418 g/mol. The number of hydrogen-bond acceptors (Lipinski definition) is 5. The Kier molecular flexibility index (Phi) is 6.27. The fraction of sp³-hybridized carbons (Fsp3) is 0.654. The number of imide groups is 1. The van der Waals surface area contributed by atoms with Gasteiger partial charge in [-0.05, 0) is 50.7 Å². The summed E-state index contributed by atoms with van der Waals surface area (Å²) in [4.78, 5) is 36.8. The lowest BCUT2D eigenvalue weighted by atomic mass is 9.62. The molecule has 2 unspecified atom stereocenters. The lowest BCUT2D eigenvalue weighted by Gasteiger charge is -2.56. The first-order valence-corrected chi connectivity index (χ1v) is 12.5. The highest BCUT2D eigenvalue weighted by Crippen LogP contribution is 2.47. The normalized spacial score (nSPS) is 28.4. The minimum atomic E-state index is -0.530. The molecule has 1 spiro atoms. The quantitative estimate of drug-likeness (QED) is 0.688. The summed E-state index contributed by atoms with van der Waals surface area (Å²) in [6.07, 6.45) is 10.6. The van der Waals surface area contributed by atoms with E-state index in [0.29, 0.717) is 23.9 Å². The Morgan fingerprint density at radius 1 is 1.06 bits per heavy atom. The minimum Gasteiger partial charge on any atom is -0.380 e. The van der Waals surface area contributed by atoms with Crippen LogP contribution in [0.25, 0.3) is 0 Å². The Bertz CT molecular complexity index is 930. The van der Waals surface area contributed by atoms with Crippen LogP contribution >= 0.6 is 0 Å². The zero-order chi connectivity index (χ0) is 23.0. The third-order valence-corrected chi connectivity index (χ3v) is 8.17. The summed E-state index contributed by atoms with van der Waals surface area (Å²) in [6, 6.07) is 6.76. The van der Waals surface area contributed by atoms with Crippen LogP contribution < -0.4 is 10.6 Å². The Hall–Kier alpha value is -2.25. The maximum Gasteiger partial charge on any atom is 0.255 e. The van der Waals surface area contributed by atoms with Gasteiger partial charge in [-0.3, -0.25) is 19.7 Å². The van der Waals surface area contributed by atoms with Gasteiger partial charge in [-0.15, -0.1) is 0 Å². The van der Waals surface area contributed by atoms with Crippen molar-refractivity contribution in [3.05, 3.63) is 34.9 Å². The number of benzene rings is 1. The molecule has 33 heavy (non-hydrogen) atoms. The van der Waals surface area contributed by atoms with Crippen molar-refractivity contribution in [2.45, 2.75) is 89.4 Å². The second kappa shape index (κ2) is 9.18. The van der Waals surface area contributed by atoms with Gasteiger partial charge in [-0.1, -0.05) is 37.0 Å². The van der Waals surface area contributed by atoms with Crippen LogP contribution in [0.1, 0.15) is 79.3 Å². The summed E-state index contributed by atoms with van der Waals surface area (Å²) in [5, 5.41) is 6.16. The highest BCUT2D eigenvalue weighted by molar-refractivity contribution is 6.05. The lowest BCUT2D eigenvalue weighted by Crippen LogP contribution is -2.65. The maximum atomic E-state index is 12.3. The van der Waals surface area contributed by atoms with Crippen LogP contribution in [-0.2, 0) is 20.9 Å². The molecule has 1 aromatic carbocycles. The van der Waals surface area contributed by atoms with E-state index in [1.807, 2.05) is 19.1 Å². The SMILES string of the molecule is C1CCC(NC2CCC23COC3)CC1.Cc1ccc2c(c1)CN(C1CCC(=O)NC1=O)C2=O. The number of hydrogen-bond donors (Lipinski definition) is 2. The third-order valence-electron chi connectivity index (χ3n) is 8.17. The van der Waals surface area contributed by atoms with Crippen molar-refractivity contribution in [2.75, 3.05) is 13.2 Å². The van der Waals surface area contributed by atoms with E-state index in [0.717, 1.165) is 36.4 Å². The van der Waals surface area contributed by atoms with Gasteiger partial charge in [-0.25, -0.2) is 0 Å². The number of nitrogens with zero attached hydrogens (tertiary/aromatic N) is 1. The molecule has 0 radical (unpaired) electrons. The maximum absolute atomic E-state index is 12.3. The molecule has 1 aromatic rings. The molecule has 2 N–H and O–H groups in total. The van der Waals surface area contributed by atoms with E-state index in [2.05, 4.69) is 10.6 Å². The monoisotopic (exact) mass is 453 g/mol. The van der Waals surface area contributed by atoms with Crippen LogP contribution in [0.15, 0.2) is 18.2 Å². The standard InChI is InChI=1S/C14H14N2O3.C12H21NO/c1-8-2-3-10-9(6-8)7-16(14(10)19)11-4-5-12(17)15-13(11)18;1-2-4-10(5-3-1)13-11-6-7-12(11)8-14-9-12/h2-3,6,11H,4-5,7H2,1H3,(H,15,17,18);10-11,13H,1-9H2. The number of piperidine rings is 1. The summed E-state index contributed by atoms with van der Waals surface area (Å²) in [5.74, 6) is -0.750. The van der Waals surface area contributed by atoms with Crippen LogP contribution in [-0.4, -0.2) is 54.0 Å². The average molecular weight is 454 g/mol. The summed E-state index contributed by atoms with van der Waals surface area (Å²) in [6.45, 7) is 4.47. The van der Waals surface area contributed by atoms with E-state index in [1.54, 1.807) is 11.0 Å². The number of nitrogens with one attached hydrogen (secondary N) is 2. The lowest BCUT2D eigenvalue weighted by molar-refractivity contribution is -0.178. The Balaban J connectivity index is 0.000000144. The zero-order valence-corrected chi connectivity index (χ0v) is 19.5. The highest BCUT2D eigenvalue weighted by atomic mass is 16.5. The van der Waals surface area contributed by atoms with Crippen molar-refractivity contribution >= 4 is 17.7 Å². The van der Waals surface area contributed by atoms with Crippen LogP contribution in [0.4, 0.5) is 0 Å². The van der Waals surface area contributed by atoms with Gasteiger partial charge < -0.3 is 15.0 Å². The van der Waals surface area contributed by atoms with E-state index >= 15 is 0 Å². The molecule has 7 heteroatoms. The molecule has 178 valence electrons. The molecule has 2 saturated heterocycles. The molecule has 3 heterocycles. The Labute approximate surface area is 195 Å². The predicted octanol–water partition coefficient (Wildman–Crippen LogP) is 2.84. The summed E-state index contributed by atoms with van der Waals surface area (Å²) in [7, 11) is 0. The van der Waals surface area contributed by atoms with Gasteiger partial charge in [0.05, 0.1) is 13.2 Å². The van der Waals surface area contributed by atoms with Crippen molar-refractivity contribution < 1.29 is 19.1 Å². The molecule has 0 aromatic heterocycles. The van der Waals surface area contributed by atoms with Crippen LogP contribution in [0.3, 0.4) is 0 Å². The first-order chi connectivity index (χ1) is 15.9. The van der Waals surface area contributed by atoms with E-state index < -0.39 is 6.04 Å². The van der Waals surface area contributed by atoms with E-state index in [4.69, 9.17) is 4.74 Å². The minimum absolute atomic E-state index is 0.121. The van der Waals surface area contributed by atoms with E-state index in [-0.39, 0.29) is 24.1 Å². The number of ether oxygens (including phenoxy) is 1. The molecule has 6 rings (SSSR count). The van der Waals surface area contributed by atoms with Crippen molar-refractivity contribution in [1.29, 1.82) is 0 Å². The zero-order valence-electron chi connectivity index (χ0n) is 19.5. The van der Waals surface area contributed by atoms with Crippen LogP contribution in [0.5, 0.6) is 0 Å². The molecule has 4 fully saturated rings. The summed E-state index contributed by atoms with van der Waals surface area (Å²) in [5.41, 5.74) is 3.29. The van der Waals surface area contributed by atoms with Gasteiger partial charge in [0.1, 0.15) is 6.04 Å². The topological polar surface area (TPSA) is 87.7 Å². The van der Waals surface area contributed by atoms with Crippen LogP contribution in [0, 0.1) is 12.3 Å². The van der Waals surface area contributed by atoms with Gasteiger partial charge in [0, 0.05) is 36.0 Å². The fourth-order valence-electron chi connectivity index (χ4n) is 5.92. The number of rotatable bonds is 3. The van der Waals surface area contributed by atoms with E-state index in [1.165, 1.54) is 44.9 Å². The summed E-state index contributed by atoms with van der Waals surface area (Å²) < 4.78 is 5.36. The van der Waals surface area contributed by atoms with Crippen molar-refractivity contribution in [2.24, 2.45) is 5.41 Å². The number of aryl methyl sites for hydroxylation is 1. The highest BCUT2D eigenvalue weighted by Gasteiger charge is 2.52. The van der Waals surface area contributed by atoms with Crippen molar-refractivity contribution in [3.63, 3.8) is 0 Å². The molecule has 2 atom stereocenters. The van der Waals surface area contributed by atoms with Gasteiger partial charge in [0.15, 0.2) is 0 Å². The molecule has 2 aliphatic carbocycles. The smallest absolute Gasteiger partial charge is 0.255 e. The number of amides is 3. The van der Waals surface area contributed by atoms with Crippen LogP contribution in [0.2, 0.25) is 0 Å². The Morgan fingerprint density at radius 3 is 2.48 bits per heavy atom. The van der Waals surface area contributed by atoms with Gasteiger partial charge in [0.2, 0.25) is 11.8 Å². The van der Waals surface area contributed by atoms with Crippen molar-refractivity contribution in [3.8, 4) is 0 Å². The van der Waals surface area contributed by atoms with Gasteiger partial charge >= 0.3 is 0 Å². The molecule has 3 amide bonds. The first kappa shape index (κ1) is 22.5. The van der Waals surface area contributed by atoms with Crippen molar-refractivity contribution in [1.82, 2.24) is 15.5 Å². The molecule has 7 nitrogen and oxygen atoms in total. The molecule has 0 bridgehead atoms. The molecule has 5 aliphatic rings. The largest absolute Gasteiger partial charge is 0.380 e. The predicted molar refractivity (Wildman–Crippen MR) is 124 cm³/mol. The van der Waals surface area contributed by atoms with Gasteiger partial charge in [-0.2, -0.15) is 0 Å². The Morgan fingerprint density at radius 2 is 1.85 bits per heavy atom. The molecule has 2 saturated carbocycles.